The lowest BCUT2D eigenvalue weighted by Crippen LogP contribution is -2.16. The third-order valence-electron chi connectivity index (χ3n) is 3.47. The molecule has 3 rings (SSSR count). The molecule has 0 spiro atoms. The van der Waals surface area contributed by atoms with Gasteiger partial charge in [0.2, 0.25) is 0 Å². The monoisotopic (exact) mass is 315 g/mol. The highest BCUT2D eigenvalue weighted by molar-refractivity contribution is 7.16. The van der Waals surface area contributed by atoms with Crippen molar-refractivity contribution in [1.29, 1.82) is 0 Å². The van der Waals surface area contributed by atoms with E-state index in [-0.39, 0.29) is 11.6 Å². The van der Waals surface area contributed by atoms with Crippen LogP contribution < -0.4 is 4.80 Å². The smallest absolute Gasteiger partial charge is 0.301 e. The first-order chi connectivity index (χ1) is 10.5. The van der Waals surface area contributed by atoms with Crippen LogP contribution in [-0.2, 0) is 6.54 Å². The minimum atomic E-state index is -0.375. The van der Waals surface area contributed by atoms with Gasteiger partial charge in [0, 0.05) is 12.6 Å². The fourth-order valence-corrected chi connectivity index (χ4v) is 3.66. The highest BCUT2D eigenvalue weighted by Crippen LogP contribution is 2.23. The number of nitrogens with zero attached hydrogens (tertiary/aromatic N) is 3. The number of aromatic nitrogens is 2. The van der Waals surface area contributed by atoms with Crippen LogP contribution >= 0.6 is 11.3 Å². The first kappa shape index (κ1) is 14.7. The molecule has 0 unspecified atom stereocenters. The average molecular weight is 315 g/mol. The molecule has 2 aromatic heterocycles. The van der Waals surface area contributed by atoms with Gasteiger partial charge in [-0.1, -0.05) is 22.6 Å². The largest absolute Gasteiger partial charge is 0.361 e. The maximum absolute atomic E-state index is 12.2. The Hall–Kier alpha value is -2.21. The minimum Gasteiger partial charge on any atom is -0.361 e. The molecule has 0 saturated carbocycles. The first-order valence-electron chi connectivity index (χ1n) is 7.12. The highest BCUT2D eigenvalue weighted by Gasteiger charge is 2.13. The van der Waals surface area contributed by atoms with E-state index in [2.05, 4.69) is 40.7 Å². The van der Waals surface area contributed by atoms with Crippen molar-refractivity contribution in [2.45, 2.75) is 34.2 Å². The van der Waals surface area contributed by atoms with Crippen molar-refractivity contribution in [3.8, 4) is 0 Å². The van der Waals surface area contributed by atoms with Crippen LogP contribution in [0.5, 0.6) is 0 Å². The number of thiazole rings is 1. The van der Waals surface area contributed by atoms with E-state index in [1.165, 1.54) is 22.5 Å². The molecule has 114 valence electrons. The van der Waals surface area contributed by atoms with Gasteiger partial charge >= 0.3 is 5.91 Å². The molecular formula is C16H17N3O2S. The van der Waals surface area contributed by atoms with Gasteiger partial charge in [-0.3, -0.25) is 4.79 Å². The van der Waals surface area contributed by atoms with E-state index in [4.69, 9.17) is 4.52 Å². The molecule has 0 aliphatic rings. The maximum atomic E-state index is 12.2. The molecule has 0 aliphatic carbocycles. The zero-order valence-electron chi connectivity index (χ0n) is 13.0. The highest BCUT2D eigenvalue weighted by atomic mass is 32.1. The number of aryl methyl sites for hydroxylation is 4. The molecule has 0 saturated heterocycles. The molecule has 0 N–H and O–H groups in total. The lowest BCUT2D eigenvalue weighted by molar-refractivity contribution is 0.0989. The molecule has 1 aromatic carbocycles. The molecule has 3 aromatic rings. The Morgan fingerprint density at radius 1 is 1.32 bits per heavy atom. The third kappa shape index (κ3) is 2.50. The molecule has 0 bridgehead atoms. The van der Waals surface area contributed by atoms with Crippen LogP contribution in [0, 0.1) is 20.8 Å². The average Bonchev–Trinajstić information content (AvgIpc) is 3.02. The first-order valence-corrected chi connectivity index (χ1v) is 7.94. The van der Waals surface area contributed by atoms with Crippen molar-refractivity contribution in [2.24, 2.45) is 4.99 Å². The number of hydrogen-bond donors (Lipinski definition) is 0. The van der Waals surface area contributed by atoms with Crippen LogP contribution in [0.2, 0.25) is 0 Å². The van der Waals surface area contributed by atoms with Crippen molar-refractivity contribution in [2.75, 3.05) is 0 Å². The van der Waals surface area contributed by atoms with E-state index in [0.717, 1.165) is 16.8 Å². The van der Waals surface area contributed by atoms with E-state index >= 15 is 0 Å². The summed E-state index contributed by atoms with van der Waals surface area (Å²) in [6, 6.07) is 5.88. The number of fused-ring (bicyclic) bond motifs is 1. The van der Waals surface area contributed by atoms with Crippen LogP contribution in [-0.4, -0.2) is 15.6 Å². The molecule has 0 atom stereocenters. The van der Waals surface area contributed by atoms with Crippen molar-refractivity contribution in [3.05, 3.63) is 45.6 Å². The van der Waals surface area contributed by atoms with Gasteiger partial charge in [0.25, 0.3) is 0 Å². The molecule has 2 heterocycles. The molecule has 6 heteroatoms. The number of carbonyl (C=O) groups is 1. The van der Waals surface area contributed by atoms with Crippen LogP contribution in [0.1, 0.15) is 34.3 Å². The van der Waals surface area contributed by atoms with Crippen molar-refractivity contribution in [3.63, 3.8) is 0 Å². The predicted molar refractivity (Wildman–Crippen MR) is 86.1 cm³/mol. The normalized spacial score (nSPS) is 12.3. The van der Waals surface area contributed by atoms with Crippen LogP contribution in [0.4, 0.5) is 0 Å². The van der Waals surface area contributed by atoms with E-state index in [1.54, 1.807) is 13.0 Å². The van der Waals surface area contributed by atoms with Crippen LogP contribution in [0.15, 0.2) is 27.7 Å². The second-order valence-corrected chi connectivity index (χ2v) is 6.28. The van der Waals surface area contributed by atoms with Gasteiger partial charge in [-0.2, -0.15) is 4.99 Å². The number of rotatable bonds is 2. The Morgan fingerprint density at radius 2 is 2.09 bits per heavy atom. The fourth-order valence-electron chi connectivity index (χ4n) is 2.51. The van der Waals surface area contributed by atoms with Gasteiger partial charge in [0.15, 0.2) is 10.5 Å². The zero-order valence-corrected chi connectivity index (χ0v) is 13.8. The van der Waals surface area contributed by atoms with Gasteiger partial charge in [-0.05, 0) is 44.9 Å². The van der Waals surface area contributed by atoms with E-state index < -0.39 is 0 Å². The zero-order chi connectivity index (χ0) is 15.9. The molecule has 0 fully saturated rings. The van der Waals surface area contributed by atoms with Crippen LogP contribution in [0.3, 0.4) is 0 Å². The van der Waals surface area contributed by atoms with Crippen LogP contribution in [0.25, 0.3) is 10.2 Å². The quantitative estimate of drug-likeness (QED) is 0.728. The predicted octanol–water partition coefficient (Wildman–Crippen LogP) is 3.38. The Balaban J connectivity index is 2.20. The van der Waals surface area contributed by atoms with Crippen molar-refractivity contribution < 1.29 is 9.32 Å². The number of hydrogen-bond acceptors (Lipinski definition) is 4. The summed E-state index contributed by atoms with van der Waals surface area (Å²) in [6.07, 6.45) is 0. The number of carbonyl (C=O) groups excluding carboxylic acids is 1. The summed E-state index contributed by atoms with van der Waals surface area (Å²) in [5.41, 5.74) is 3.77. The van der Waals surface area contributed by atoms with Crippen molar-refractivity contribution >= 4 is 27.5 Å². The fraction of sp³-hybridized carbons (Fsp3) is 0.312. The molecule has 1 amide bonds. The Bertz CT molecular complexity index is 931. The van der Waals surface area contributed by atoms with Gasteiger partial charge in [-0.15, -0.1) is 0 Å². The second-order valence-electron chi connectivity index (χ2n) is 5.30. The lowest BCUT2D eigenvalue weighted by atomic mass is 10.1. The SMILES string of the molecule is CCn1c(=NC(=O)c2cc(C)on2)sc2c(C)cc(C)cc21. The molecular weight excluding hydrogens is 298 g/mol. The Morgan fingerprint density at radius 3 is 2.73 bits per heavy atom. The van der Waals surface area contributed by atoms with Gasteiger partial charge in [-0.25, -0.2) is 0 Å². The molecule has 5 nitrogen and oxygen atoms in total. The van der Waals surface area contributed by atoms with Crippen molar-refractivity contribution in [1.82, 2.24) is 9.72 Å². The summed E-state index contributed by atoms with van der Waals surface area (Å²) < 4.78 is 8.16. The summed E-state index contributed by atoms with van der Waals surface area (Å²) >= 11 is 1.53. The summed E-state index contributed by atoms with van der Waals surface area (Å²) in [5.74, 6) is 0.227. The topological polar surface area (TPSA) is 60.4 Å². The van der Waals surface area contributed by atoms with E-state index in [0.29, 0.717) is 10.6 Å². The summed E-state index contributed by atoms with van der Waals surface area (Å²) in [4.78, 5) is 17.2. The second kappa shape index (κ2) is 5.53. The Kier molecular flexibility index (Phi) is 3.70. The lowest BCUT2D eigenvalue weighted by Gasteiger charge is -2.02. The molecule has 22 heavy (non-hydrogen) atoms. The summed E-state index contributed by atoms with van der Waals surface area (Å²) in [7, 11) is 0. The van der Waals surface area contributed by atoms with Gasteiger partial charge in [0.1, 0.15) is 5.76 Å². The van der Waals surface area contributed by atoms with Gasteiger partial charge < -0.3 is 9.09 Å². The Labute approximate surface area is 131 Å². The number of benzene rings is 1. The standard InChI is InChI=1S/C16H17N3O2S/c1-5-19-13-7-9(2)6-10(3)14(13)22-16(19)17-15(20)12-8-11(4)21-18-12/h6-8H,5H2,1-4H3. The molecule has 0 aliphatic heterocycles. The summed E-state index contributed by atoms with van der Waals surface area (Å²) in [5, 5.41) is 3.73. The number of amides is 1. The summed E-state index contributed by atoms with van der Waals surface area (Å²) in [6.45, 7) is 8.71. The van der Waals surface area contributed by atoms with Gasteiger partial charge in [0.05, 0.1) is 10.2 Å². The molecule has 0 radical (unpaired) electrons. The van der Waals surface area contributed by atoms with E-state index in [9.17, 15) is 4.79 Å². The maximum Gasteiger partial charge on any atom is 0.301 e. The third-order valence-corrected chi connectivity index (χ3v) is 4.70. The van der Waals surface area contributed by atoms with E-state index in [1.807, 2.05) is 6.92 Å². The minimum absolute atomic E-state index is 0.241.